The second-order valence-corrected chi connectivity index (χ2v) is 6.24. The van der Waals surface area contributed by atoms with Crippen molar-refractivity contribution in [1.29, 1.82) is 0 Å². The van der Waals surface area contributed by atoms with E-state index >= 15 is 0 Å². The van der Waals surface area contributed by atoms with Gasteiger partial charge in [-0.05, 0) is 24.0 Å². The maximum Gasteiger partial charge on any atom is 0.270 e. The Labute approximate surface area is 118 Å². The highest BCUT2D eigenvalue weighted by Gasteiger charge is 2.19. The Morgan fingerprint density at radius 1 is 1.45 bits per heavy atom. The number of hydrogen-bond acceptors (Lipinski definition) is 7. The number of hydrogen-bond donors (Lipinski definition) is 1. The van der Waals surface area contributed by atoms with Crippen LogP contribution in [0.5, 0.6) is 0 Å². The first-order valence-electron chi connectivity index (χ1n) is 5.52. The number of nitrogens with zero attached hydrogens (tertiary/aromatic N) is 3. The number of nitro groups is 1. The van der Waals surface area contributed by atoms with E-state index in [4.69, 9.17) is 0 Å². The van der Waals surface area contributed by atoms with Crippen molar-refractivity contribution < 1.29 is 13.3 Å². The maximum absolute atomic E-state index is 12.1. The highest BCUT2D eigenvalue weighted by Crippen LogP contribution is 2.20. The predicted molar refractivity (Wildman–Crippen MR) is 73.2 cm³/mol. The van der Waals surface area contributed by atoms with Gasteiger partial charge in [-0.3, -0.25) is 10.1 Å². The number of anilines is 1. The number of rotatable bonds is 5. The molecule has 0 bridgehead atoms. The standard InChI is InChI=1S/C10H10N4O4S2/c1-2-9-11-10(12-19-9)13-20(17,18)8-5-3-4-7(6-8)14(15)16/h3-6H,2H2,1H3,(H,12,13). The van der Waals surface area contributed by atoms with Crippen LogP contribution in [0, 0.1) is 10.1 Å². The Morgan fingerprint density at radius 3 is 2.80 bits per heavy atom. The molecule has 0 aliphatic heterocycles. The minimum Gasteiger partial charge on any atom is -0.258 e. The number of non-ortho nitro benzene ring substituents is 1. The summed E-state index contributed by atoms with van der Waals surface area (Å²) in [6.45, 7) is 1.87. The van der Waals surface area contributed by atoms with Crippen LogP contribution in [0.4, 0.5) is 11.6 Å². The fourth-order valence-electron chi connectivity index (χ4n) is 1.38. The van der Waals surface area contributed by atoms with Crippen molar-refractivity contribution in [3.63, 3.8) is 0 Å². The Balaban J connectivity index is 2.30. The lowest BCUT2D eigenvalue weighted by molar-refractivity contribution is -0.385. The first-order chi connectivity index (χ1) is 9.42. The smallest absolute Gasteiger partial charge is 0.258 e. The fraction of sp³-hybridized carbons (Fsp3) is 0.200. The molecule has 1 heterocycles. The zero-order valence-electron chi connectivity index (χ0n) is 10.3. The number of benzene rings is 1. The predicted octanol–water partition coefficient (Wildman–Crippen LogP) is 1.81. The molecular formula is C10H10N4O4S2. The summed E-state index contributed by atoms with van der Waals surface area (Å²) in [6.07, 6.45) is 0.649. The molecule has 8 nitrogen and oxygen atoms in total. The molecule has 0 aliphatic carbocycles. The highest BCUT2D eigenvalue weighted by molar-refractivity contribution is 7.92. The molecule has 0 spiro atoms. The fourth-order valence-corrected chi connectivity index (χ4v) is 2.96. The SMILES string of the molecule is CCc1nc(NS(=O)(=O)c2cccc([N+](=O)[O-])c2)ns1. The van der Waals surface area contributed by atoms with E-state index in [2.05, 4.69) is 14.1 Å². The average molecular weight is 314 g/mol. The van der Waals surface area contributed by atoms with Gasteiger partial charge in [0.2, 0.25) is 5.95 Å². The van der Waals surface area contributed by atoms with Crippen LogP contribution >= 0.6 is 11.5 Å². The van der Waals surface area contributed by atoms with Crippen molar-refractivity contribution in [3.8, 4) is 0 Å². The number of sulfonamides is 1. The van der Waals surface area contributed by atoms with Gasteiger partial charge in [-0.25, -0.2) is 18.1 Å². The molecule has 2 aromatic rings. The zero-order valence-corrected chi connectivity index (χ0v) is 11.9. The Morgan fingerprint density at radius 2 is 2.20 bits per heavy atom. The van der Waals surface area contributed by atoms with Gasteiger partial charge in [-0.15, -0.1) is 0 Å². The van der Waals surface area contributed by atoms with Gasteiger partial charge in [0.05, 0.1) is 9.82 Å². The van der Waals surface area contributed by atoms with E-state index < -0.39 is 14.9 Å². The molecule has 0 aliphatic rings. The molecule has 20 heavy (non-hydrogen) atoms. The summed E-state index contributed by atoms with van der Waals surface area (Å²) in [5.41, 5.74) is -0.298. The molecule has 0 amide bonds. The lowest BCUT2D eigenvalue weighted by Gasteiger charge is -2.04. The van der Waals surface area contributed by atoms with Crippen LogP contribution in [-0.2, 0) is 16.4 Å². The third-order valence-electron chi connectivity index (χ3n) is 2.33. The highest BCUT2D eigenvalue weighted by atomic mass is 32.2. The monoisotopic (exact) mass is 314 g/mol. The summed E-state index contributed by atoms with van der Waals surface area (Å²) in [5, 5.41) is 11.3. The lowest BCUT2D eigenvalue weighted by Crippen LogP contribution is -2.14. The van der Waals surface area contributed by atoms with Crippen LogP contribution in [0.25, 0.3) is 0 Å². The maximum atomic E-state index is 12.1. The molecule has 10 heteroatoms. The number of aromatic nitrogens is 2. The Kier molecular flexibility index (Phi) is 3.95. The summed E-state index contributed by atoms with van der Waals surface area (Å²) in [5.74, 6) is -0.0293. The van der Waals surface area contributed by atoms with E-state index in [1.807, 2.05) is 6.92 Å². The van der Waals surface area contributed by atoms with Crippen molar-refractivity contribution in [1.82, 2.24) is 9.36 Å². The minimum absolute atomic E-state index is 0.0293. The number of nitro benzene ring substituents is 1. The van der Waals surface area contributed by atoms with E-state index in [-0.39, 0.29) is 16.5 Å². The zero-order chi connectivity index (χ0) is 14.8. The normalized spacial score (nSPS) is 11.2. The second-order valence-electron chi connectivity index (χ2n) is 3.73. The quantitative estimate of drug-likeness (QED) is 0.664. The summed E-state index contributed by atoms with van der Waals surface area (Å²) in [4.78, 5) is 13.8. The molecule has 2 rings (SSSR count). The van der Waals surface area contributed by atoms with Gasteiger partial charge in [0.15, 0.2) is 0 Å². The number of nitrogens with one attached hydrogen (secondary N) is 1. The molecular weight excluding hydrogens is 304 g/mol. The van der Waals surface area contributed by atoms with Crippen molar-refractivity contribution in [3.05, 3.63) is 39.4 Å². The average Bonchev–Trinajstić information content (AvgIpc) is 2.86. The van der Waals surface area contributed by atoms with Gasteiger partial charge in [-0.2, -0.15) is 4.37 Å². The van der Waals surface area contributed by atoms with E-state index in [1.54, 1.807) is 0 Å². The van der Waals surface area contributed by atoms with Crippen LogP contribution in [0.1, 0.15) is 11.9 Å². The lowest BCUT2D eigenvalue weighted by atomic mass is 10.3. The third kappa shape index (κ3) is 3.08. The molecule has 0 fully saturated rings. The van der Waals surface area contributed by atoms with Crippen LogP contribution in [-0.4, -0.2) is 22.7 Å². The van der Waals surface area contributed by atoms with Gasteiger partial charge in [0, 0.05) is 12.1 Å². The molecule has 0 saturated heterocycles. The minimum atomic E-state index is -3.94. The topological polar surface area (TPSA) is 115 Å². The summed E-state index contributed by atoms with van der Waals surface area (Å²) in [7, 11) is -3.94. The molecule has 0 radical (unpaired) electrons. The van der Waals surface area contributed by atoms with Crippen molar-refractivity contribution in [2.75, 3.05) is 4.72 Å². The van der Waals surface area contributed by atoms with E-state index in [1.165, 1.54) is 18.2 Å². The summed E-state index contributed by atoms with van der Waals surface area (Å²) in [6, 6.07) is 4.77. The molecule has 0 saturated carbocycles. The molecule has 106 valence electrons. The first kappa shape index (κ1) is 14.3. The van der Waals surface area contributed by atoms with E-state index in [0.29, 0.717) is 11.4 Å². The van der Waals surface area contributed by atoms with Gasteiger partial charge < -0.3 is 0 Å². The molecule has 0 atom stereocenters. The van der Waals surface area contributed by atoms with Crippen molar-refractivity contribution in [2.45, 2.75) is 18.2 Å². The molecule has 1 N–H and O–H groups in total. The van der Waals surface area contributed by atoms with Gasteiger partial charge in [0.25, 0.3) is 15.7 Å². The van der Waals surface area contributed by atoms with Crippen LogP contribution in [0.2, 0.25) is 0 Å². The van der Waals surface area contributed by atoms with Crippen LogP contribution in [0.3, 0.4) is 0 Å². The Bertz CT molecular complexity index is 741. The first-order valence-corrected chi connectivity index (χ1v) is 7.78. The van der Waals surface area contributed by atoms with Crippen LogP contribution < -0.4 is 4.72 Å². The van der Waals surface area contributed by atoms with Crippen molar-refractivity contribution in [2.24, 2.45) is 0 Å². The van der Waals surface area contributed by atoms with E-state index in [0.717, 1.165) is 17.6 Å². The van der Waals surface area contributed by atoms with E-state index in [9.17, 15) is 18.5 Å². The molecule has 0 unspecified atom stereocenters. The van der Waals surface area contributed by atoms with Crippen molar-refractivity contribution >= 4 is 33.2 Å². The number of aryl methyl sites for hydroxylation is 1. The summed E-state index contributed by atoms with van der Waals surface area (Å²) >= 11 is 1.10. The van der Waals surface area contributed by atoms with Gasteiger partial charge in [0.1, 0.15) is 5.01 Å². The van der Waals surface area contributed by atoms with Crippen LogP contribution in [0.15, 0.2) is 29.2 Å². The largest absolute Gasteiger partial charge is 0.270 e. The molecule has 1 aromatic carbocycles. The molecule has 1 aromatic heterocycles. The van der Waals surface area contributed by atoms with Gasteiger partial charge >= 0.3 is 0 Å². The van der Waals surface area contributed by atoms with Gasteiger partial charge in [-0.1, -0.05) is 13.0 Å². The summed E-state index contributed by atoms with van der Waals surface area (Å²) < 4.78 is 30.2. The Hall–Kier alpha value is -2.07. The third-order valence-corrected chi connectivity index (χ3v) is 4.52. The second kappa shape index (κ2) is 5.51.